The van der Waals surface area contributed by atoms with Crippen LogP contribution in [0.1, 0.15) is 12.8 Å². The van der Waals surface area contributed by atoms with E-state index >= 15 is 0 Å². The second-order valence-electron chi connectivity index (χ2n) is 3.78. The van der Waals surface area contributed by atoms with Gasteiger partial charge in [0.25, 0.3) is 0 Å². The maximum Gasteiger partial charge on any atom is 0.0148 e. The van der Waals surface area contributed by atoms with Gasteiger partial charge in [-0.2, -0.15) is 0 Å². The minimum Gasteiger partial charge on any atom is -0.314 e. The standard InChI is InChI=1S/C8H16N2.2ClH/c1-10(2)8-5-7-6(8)3-4-9-7;;/h6-9H,3-5H2,1-2H3;2*1H. The molecule has 0 aromatic rings. The average molecular weight is 213 g/mol. The molecule has 0 radical (unpaired) electrons. The summed E-state index contributed by atoms with van der Waals surface area (Å²) in [4.78, 5) is 2.37. The molecule has 3 unspecified atom stereocenters. The predicted octanol–water partition coefficient (Wildman–Crippen LogP) is 1.14. The van der Waals surface area contributed by atoms with Gasteiger partial charge in [0.15, 0.2) is 0 Å². The van der Waals surface area contributed by atoms with E-state index in [1.165, 1.54) is 19.4 Å². The highest BCUT2D eigenvalue weighted by Gasteiger charge is 2.44. The Balaban J connectivity index is 0.000000605. The topological polar surface area (TPSA) is 15.3 Å². The van der Waals surface area contributed by atoms with Gasteiger partial charge in [-0.05, 0) is 39.4 Å². The van der Waals surface area contributed by atoms with Crippen LogP contribution in [0.15, 0.2) is 0 Å². The van der Waals surface area contributed by atoms with E-state index < -0.39 is 0 Å². The molecule has 0 spiro atoms. The summed E-state index contributed by atoms with van der Waals surface area (Å²) in [5.41, 5.74) is 0. The summed E-state index contributed by atoms with van der Waals surface area (Å²) >= 11 is 0. The van der Waals surface area contributed by atoms with Gasteiger partial charge in [-0.15, -0.1) is 24.8 Å². The van der Waals surface area contributed by atoms with Crippen LogP contribution in [-0.2, 0) is 0 Å². The molecule has 4 heteroatoms. The molecular weight excluding hydrogens is 195 g/mol. The Morgan fingerprint density at radius 1 is 1.25 bits per heavy atom. The maximum atomic E-state index is 3.51. The first-order chi connectivity index (χ1) is 4.79. The Morgan fingerprint density at radius 3 is 2.42 bits per heavy atom. The van der Waals surface area contributed by atoms with E-state index in [1.807, 2.05) is 0 Å². The van der Waals surface area contributed by atoms with E-state index in [2.05, 4.69) is 24.3 Å². The molecule has 2 nitrogen and oxygen atoms in total. The third-order valence-corrected chi connectivity index (χ3v) is 3.05. The van der Waals surface area contributed by atoms with Gasteiger partial charge >= 0.3 is 0 Å². The lowest BCUT2D eigenvalue weighted by atomic mass is 9.75. The number of hydrogen-bond donors (Lipinski definition) is 1. The molecule has 1 aliphatic heterocycles. The highest BCUT2D eigenvalue weighted by Crippen LogP contribution is 2.37. The number of fused-ring (bicyclic) bond motifs is 1. The van der Waals surface area contributed by atoms with E-state index in [9.17, 15) is 0 Å². The molecule has 3 atom stereocenters. The van der Waals surface area contributed by atoms with E-state index in [1.54, 1.807) is 0 Å². The van der Waals surface area contributed by atoms with Crippen LogP contribution in [-0.4, -0.2) is 37.6 Å². The number of halogens is 2. The van der Waals surface area contributed by atoms with Crippen molar-refractivity contribution in [3.63, 3.8) is 0 Å². The third-order valence-electron chi connectivity index (χ3n) is 3.05. The minimum absolute atomic E-state index is 0. The zero-order valence-electron chi connectivity index (χ0n) is 7.62. The summed E-state index contributed by atoms with van der Waals surface area (Å²) in [5.74, 6) is 0.968. The molecule has 1 heterocycles. The van der Waals surface area contributed by atoms with Gasteiger partial charge in [-0.1, -0.05) is 0 Å². The smallest absolute Gasteiger partial charge is 0.0148 e. The summed E-state index contributed by atoms with van der Waals surface area (Å²) in [6.45, 7) is 1.25. The molecule has 0 aromatic heterocycles. The molecule has 1 saturated carbocycles. The Morgan fingerprint density at radius 2 is 1.92 bits per heavy atom. The van der Waals surface area contributed by atoms with Gasteiger partial charge in [-0.3, -0.25) is 0 Å². The zero-order chi connectivity index (χ0) is 7.14. The number of nitrogens with zero attached hydrogens (tertiary/aromatic N) is 1. The first-order valence-corrected chi connectivity index (χ1v) is 4.19. The van der Waals surface area contributed by atoms with Crippen molar-refractivity contribution in [1.29, 1.82) is 0 Å². The molecule has 12 heavy (non-hydrogen) atoms. The zero-order valence-corrected chi connectivity index (χ0v) is 9.25. The van der Waals surface area contributed by atoms with Gasteiger partial charge in [-0.25, -0.2) is 0 Å². The molecule has 2 aliphatic rings. The SMILES string of the molecule is CN(C)C1CC2NCCC21.Cl.Cl. The van der Waals surface area contributed by atoms with Gasteiger partial charge in [0.05, 0.1) is 0 Å². The second-order valence-corrected chi connectivity index (χ2v) is 3.78. The van der Waals surface area contributed by atoms with Crippen molar-refractivity contribution >= 4 is 24.8 Å². The highest BCUT2D eigenvalue weighted by atomic mass is 35.5. The monoisotopic (exact) mass is 212 g/mol. The first-order valence-electron chi connectivity index (χ1n) is 4.19. The summed E-state index contributed by atoms with van der Waals surface area (Å²) in [6.07, 6.45) is 2.77. The van der Waals surface area contributed by atoms with E-state index in [-0.39, 0.29) is 24.8 Å². The molecular formula is C8H18Cl2N2. The maximum absolute atomic E-state index is 3.51. The fourth-order valence-electron chi connectivity index (χ4n) is 2.34. The molecule has 2 rings (SSSR count). The van der Waals surface area contributed by atoms with Crippen molar-refractivity contribution in [3.8, 4) is 0 Å². The number of hydrogen-bond acceptors (Lipinski definition) is 2. The van der Waals surface area contributed by atoms with Gasteiger partial charge in [0, 0.05) is 12.1 Å². The lowest BCUT2D eigenvalue weighted by Gasteiger charge is -2.44. The average Bonchev–Trinajstić information content (AvgIpc) is 2.11. The third kappa shape index (κ3) is 1.87. The van der Waals surface area contributed by atoms with Crippen molar-refractivity contribution in [2.45, 2.75) is 24.9 Å². The van der Waals surface area contributed by atoms with Crippen LogP contribution >= 0.6 is 24.8 Å². The molecule has 1 saturated heterocycles. The summed E-state index contributed by atoms with van der Waals surface area (Å²) in [7, 11) is 4.39. The minimum atomic E-state index is 0. The van der Waals surface area contributed by atoms with E-state index in [0.29, 0.717) is 0 Å². The first kappa shape index (κ1) is 12.5. The van der Waals surface area contributed by atoms with Crippen LogP contribution in [0.4, 0.5) is 0 Å². The van der Waals surface area contributed by atoms with Crippen molar-refractivity contribution in [2.75, 3.05) is 20.6 Å². The highest BCUT2D eigenvalue weighted by molar-refractivity contribution is 5.85. The van der Waals surface area contributed by atoms with Gasteiger partial charge in [0.2, 0.25) is 0 Å². The van der Waals surface area contributed by atoms with Crippen LogP contribution < -0.4 is 5.32 Å². The van der Waals surface area contributed by atoms with E-state index in [4.69, 9.17) is 0 Å². The molecule has 0 amide bonds. The molecule has 2 fully saturated rings. The van der Waals surface area contributed by atoms with Crippen LogP contribution in [0.25, 0.3) is 0 Å². The van der Waals surface area contributed by atoms with Crippen LogP contribution in [0.5, 0.6) is 0 Å². The van der Waals surface area contributed by atoms with Crippen molar-refractivity contribution in [1.82, 2.24) is 10.2 Å². The molecule has 1 aliphatic carbocycles. The lowest BCUT2D eigenvalue weighted by Crippen LogP contribution is -2.53. The Labute approximate surface area is 86.9 Å². The van der Waals surface area contributed by atoms with Crippen LogP contribution in [0.3, 0.4) is 0 Å². The second kappa shape index (κ2) is 4.66. The largest absolute Gasteiger partial charge is 0.314 e. The van der Waals surface area contributed by atoms with Crippen molar-refractivity contribution in [2.24, 2.45) is 5.92 Å². The summed E-state index contributed by atoms with van der Waals surface area (Å²) < 4.78 is 0. The van der Waals surface area contributed by atoms with Crippen molar-refractivity contribution in [3.05, 3.63) is 0 Å². The van der Waals surface area contributed by atoms with Crippen LogP contribution in [0.2, 0.25) is 0 Å². The Hall–Kier alpha value is 0.500. The molecule has 0 aromatic carbocycles. The number of nitrogens with one attached hydrogen (secondary N) is 1. The fraction of sp³-hybridized carbons (Fsp3) is 1.00. The summed E-state index contributed by atoms with van der Waals surface area (Å²) in [5, 5.41) is 3.51. The molecule has 74 valence electrons. The Bertz CT molecular complexity index is 141. The van der Waals surface area contributed by atoms with Gasteiger partial charge < -0.3 is 10.2 Å². The fourth-order valence-corrected chi connectivity index (χ4v) is 2.34. The van der Waals surface area contributed by atoms with Crippen molar-refractivity contribution < 1.29 is 0 Å². The molecule has 1 N–H and O–H groups in total. The predicted molar refractivity (Wildman–Crippen MR) is 56.5 cm³/mol. The Kier molecular flexibility index (Phi) is 4.85. The van der Waals surface area contributed by atoms with E-state index in [0.717, 1.165) is 18.0 Å². The number of rotatable bonds is 1. The van der Waals surface area contributed by atoms with Gasteiger partial charge in [0.1, 0.15) is 0 Å². The summed E-state index contributed by atoms with van der Waals surface area (Å²) in [6, 6.07) is 1.74. The quantitative estimate of drug-likeness (QED) is 0.702. The van der Waals surface area contributed by atoms with Crippen LogP contribution in [0, 0.1) is 5.92 Å². The normalized spacial score (nSPS) is 37.8. The lowest BCUT2D eigenvalue weighted by molar-refractivity contribution is 0.0907. The molecule has 0 bridgehead atoms.